The van der Waals surface area contributed by atoms with Crippen molar-refractivity contribution in [1.29, 1.82) is 0 Å². The number of carbonyl (C=O) groups excluding carboxylic acids is 2. The van der Waals surface area contributed by atoms with Gasteiger partial charge < -0.3 is 10.6 Å². The molecule has 0 saturated carbocycles. The SMILES string of the molecule is O=C(C[C@@H]1Sc2ccc(C(F)(F)F)cc2NC1=O)Nc1ccc(F)c([N+](=O)[O-])c1. The van der Waals surface area contributed by atoms with Gasteiger partial charge in [0.25, 0.3) is 0 Å². The van der Waals surface area contributed by atoms with Gasteiger partial charge in [-0.3, -0.25) is 19.7 Å². The molecule has 7 nitrogen and oxygen atoms in total. The second kappa shape index (κ2) is 7.70. The number of benzene rings is 2. The third kappa shape index (κ3) is 4.65. The van der Waals surface area contributed by atoms with Crippen LogP contribution >= 0.6 is 11.8 Å². The maximum Gasteiger partial charge on any atom is 0.416 e. The lowest BCUT2D eigenvalue weighted by Crippen LogP contribution is -2.32. The first-order chi connectivity index (χ1) is 13.5. The Morgan fingerprint density at radius 3 is 2.62 bits per heavy atom. The van der Waals surface area contributed by atoms with Crippen LogP contribution in [0.1, 0.15) is 12.0 Å². The van der Waals surface area contributed by atoms with Crippen LogP contribution in [0.3, 0.4) is 0 Å². The zero-order chi connectivity index (χ0) is 21.3. The number of anilines is 2. The quantitative estimate of drug-likeness (QED) is 0.431. The summed E-state index contributed by atoms with van der Waals surface area (Å²) in [6.45, 7) is 0. The van der Waals surface area contributed by atoms with Crippen molar-refractivity contribution in [2.75, 3.05) is 10.6 Å². The minimum absolute atomic E-state index is 0.000595. The molecule has 0 fully saturated rings. The minimum Gasteiger partial charge on any atom is -0.326 e. The molecule has 0 spiro atoms. The third-order valence-corrected chi connectivity index (χ3v) is 5.20. The van der Waals surface area contributed by atoms with Gasteiger partial charge in [0.05, 0.1) is 21.4 Å². The van der Waals surface area contributed by atoms with E-state index in [9.17, 15) is 37.3 Å². The van der Waals surface area contributed by atoms with Crippen LogP contribution in [0, 0.1) is 15.9 Å². The highest BCUT2D eigenvalue weighted by Crippen LogP contribution is 2.40. The van der Waals surface area contributed by atoms with Crippen molar-refractivity contribution in [2.45, 2.75) is 22.7 Å². The number of carbonyl (C=O) groups is 2. The average Bonchev–Trinajstić information content (AvgIpc) is 2.62. The van der Waals surface area contributed by atoms with Crippen LogP contribution in [0.15, 0.2) is 41.3 Å². The Hall–Kier alpha value is -3.15. The van der Waals surface area contributed by atoms with Gasteiger partial charge in [-0.15, -0.1) is 11.8 Å². The molecular formula is C17H11F4N3O4S. The summed E-state index contributed by atoms with van der Waals surface area (Å²) >= 11 is 0.925. The number of halogens is 4. The molecule has 3 rings (SSSR count). The molecule has 2 aromatic carbocycles. The Bertz CT molecular complexity index is 1010. The van der Waals surface area contributed by atoms with Gasteiger partial charge in [0.15, 0.2) is 0 Å². The van der Waals surface area contributed by atoms with Crippen molar-refractivity contribution in [1.82, 2.24) is 0 Å². The number of fused-ring (bicyclic) bond motifs is 1. The first-order valence-electron chi connectivity index (χ1n) is 7.97. The highest BCUT2D eigenvalue weighted by Gasteiger charge is 2.34. The molecule has 1 aliphatic rings. The molecule has 2 aromatic rings. The van der Waals surface area contributed by atoms with Crippen LogP contribution in [0.4, 0.5) is 34.6 Å². The Balaban J connectivity index is 1.70. The smallest absolute Gasteiger partial charge is 0.326 e. The molecule has 0 aliphatic carbocycles. The molecule has 2 N–H and O–H groups in total. The Labute approximate surface area is 164 Å². The molecule has 29 heavy (non-hydrogen) atoms. The molecule has 0 aromatic heterocycles. The van der Waals surface area contributed by atoms with Gasteiger partial charge in [-0.1, -0.05) is 0 Å². The first kappa shape index (κ1) is 20.6. The Morgan fingerprint density at radius 1 is 1.24 bits per heavy atom. The van der Waals surface area contributed by atoms with E-state index in [1.165, 1.54) is 6.07 Å². The molecule has 12 heteroatoms. The largest absolute Gasteiger partial charge is 0.416 e. The predicted octanol–water partition coefficient (Wildman–Crippen LogP) is 4.19. The summed E-state index contributed by atoms with van der Waals surface area (Å²) in [6.07, 6.45) is -4.90. The Kier molecular flexibility index (Phi) is 5.46. The van der Waals surface area contributed by atoms with E-state index in [4.69, 9.17) is 0 Å². The summed E-state index contributed by atoms with van der Waals surface area (Å²) < 4.78 is 51.7. The number of nitrogens with zero attached hydrogens (tertiary/aromatic N) is 1. The highest BCUT2D eigenvalue weighted by molar-refractivity contribution is 8.01. The molecule has 0 unspecified atom stereocenters. The molecule has 0 saturated heterocycles. The van der Waals surface area contributed by atoms with Gasteiger partial charge in [0.2, 0.25) is 17.6 Å². The number of nitro benzene ring substituents is 1. The molecule has 1 heterocycles. The number of hydrogen-bond acceptors (Lipinski definition) is 5. The summed E-state index contributed by atoms with van der Waals surface area (Å²) in [5, 5.41) is 14.5. The minimum atomic E-state index is -4.56. The van der Waals surface area contributed by atoms with E-state index in [1.807, 2.05) is 0 Å². The van der Waals surface area contributed by atoms with Gasteiger partial charge in [0.1, 0.15) is 0 Å². The fraction of sp³-hybridized carbons (Fsp3) is 0.176. The molecule has 1 atom stereocenters. The maximum absolute atomic E-state index is 13.3. The number of amides is 2. The normalized spacial score (nSPS) is 16.0. The van der Waals surface area contributed by atoms with E-state index in [-0.39, 0.29) is 17.8 Å². The maximum atomic E-state index is 13.3. The second-order valence-corrected chi connectivity index (χ2v) is 7.22. The standard InChI is InChI=1S/C17H11F4N3O4S/c18-10-3-2-9(6-12(10)24(27)28)22-15(25)7-14-16(26)23-11-5-8(17(19,20)21)1-4-13(11)29-14/h1-6,14H,7H2,(H,22,25)(H,23,26)/t14-/m0/s1. The lowest BCUT2D eigenvalue weighted by atomic mass is 10.1. The summed E-state index contributed by atoms with van der Waals surface area (Å²) in [4.78, 5) is 34.5. The van der Waals surface area contributed by atoms with Crippen molar-refractivity contribution in [3.8, 4) is 0 Å². The van der Waals surface area contributed by atoms with Gasteiger partial charge in [-0.2, -0.15) is 17.6 Å². The van der Waals surface area contributed by atoms with E-state index < -0.39 is 45.2 Å². The lowest BCUT2D eigenvalue weighted by molar-refractivity contribution is -0.387. The van der Waals surface area contributed by atoms with Gasteiger partial charge in [-0.25, -0.2) is 0 Å². The molecule has 2 amide bonds. The summed E-state index contributed by atoms with van der Waals surface area (Å²) in [5.74, 6) is -2.39. The first-order valence-corrected chi connectivity index (χ1v) is 8.85. The number of thioether (sulfide) groups is 1. The van der Waals surface area contributed by atoms with Crippen LogP contribution in [0.2, 0.25) is 0 Å². The van der Waals surface area contributed by atoms with E-state index in [2.05, 4.69) is 10.6 Å². The molecule has 0 radical (unpaired) electrons. The zero-order valence-corrected chi connectivity index (χ0v) is 15.1. The summed E-state index contributed by atoms with van der Waals surface area (Å²) in [5.41, 5.74) is -1.76. The number of nitrogens with one attached hydrogen (secondary N) is 2. The number of alkyl halides is 3. The summed E-state index contributed by atoms with van der Waals surface area (Å²) in [7, 11) is 0. The highest BCUT2D eigenvalue weighted by atomic mass is 32.2. The summed E-state index contributed by atoms with van der Waals surface area (Å²) in [6, 6.07) is 5.69. The van der Waals surface area contributed by atoms with Gasteiger partial charge in [-0.05, 0) is 30.3 Å². The predicted molar refractivity (Wildman–Crippen MR) is 96.0 cm³/mol. The second-order valence-electron chi connectivity index (χ2n) is 5.98. The fourth-order valence-corrected chi connectivity index (χ4v) is 3.66. The zero-order valence-electron chi connectivity index (χ0n) is 14.2. The average molecular weight is 429 g/mol. The molecule has 0 bridgehead atoms. The van der Waals surface area contributed by atoms with E-state index in [0.29, 0.717) is 4.90 Å². The molecule has 1 aliphatic heterocycles. The van der Waals surface area contributed by atoms with Crippen LogP contribution in [0.25, 0.3) is 0 Å². The monoisotopic (exact) mass is 429 g/mol. The number of nitro groups is 1. The van der Waals surface area contributed by atoms with Crippen molar-refractivity contribution in [3.63, 3.8) is 0 Å². The van der Waals surface area contributed by atoms with Gasteiger partial charge >= 0.3 is 11.9 Å². The van der Waals surface area contributed by atoms with Crippen molar-refractivity contribution in [2.24, 2.45) is 0 Å². The van der Waals surface area contributed by atoms with E-state index in [0.717, 1.165) is 42.1 Å². The van der Waals surface area contributed by atoms with Crippen LogP contribution < -0.4 is 10.6 Å². The lowest BCUT2D eigenvalue weighted by Gasteiger charge is -2.24. The molecular weight excluding hydrogens is 418 g/mol. The van der Waals surface area contributed by atoms with Crippen molar-refractivity contribution >= 4 is 40.6 Å². The van der Waals surface area contributed by atoms with Crippen LogP contribution in [-0.2, 0) is 15.8 Å². The topological polar surface area (TPSA) is 101 Å². The van der Waals surface area contributed by atoms with E-state index in [1.54, 1.807) is 0 Å². The third-order valence-electron chi connectivity index (χ3n) is 3.92. The number of rotatable bonds is 4. The fourth-order valence-electron chi connectivity index (χ4n) is 2.57. The van der Waals surface area contributed by atoms with Crippen molar-refractivity contribution in [3.05, 3.63) is 57.9 Å². The Morgan fingerprint density at radius 2 is 1.97 bits per heavy atom. The van der Waals surface area contributed by atoms with Crippen molar-refractivity contribution < 1.29 is 32.1 Å². The van der Waals surface area contributed by atoms with Crippen LogP contribution in [-0.4, -0.2) is 22.0 Å². The molecule has 152 valence electrons. The number of hydrogen-bond donors (Lipinski definition) is 2. The van der Waals surface area contributed by atoms with Crippen LogP contribution in [0.5, 0.6) is 0 Å². The van der Waals surface area contributed by atoms with Gasteiger partial charge in [0, 0.05) is 23.1 Å². The van der Waals surface area contributed by atoms with E-state index >= 15 is 0 Å².